The summed E-state index contributed by atoms with van der Waals surface area (Å²) in [5.74, 6) is -4.94. The Kier molecular flexibility index (Phi) is 8.21. The van der Waals surface area contributed by atoms with E-state index in [9.17, 15) is 35.9 Å². The summed E-state index contributed by atoms with van der Waals surface area (Å²) in [6, 6.07) is 3.86. The van der Waals surface area contributed by atoms with Crippen LogP contribution in [-0.2, 0) is 15.7 Å². The first-order chi connectivity index (χ1) is 16.5. The molecule has 1 heterocycles. The highest BCUT2D eigenvalue weighted by atomic mass is 19.4. The molecule has 35 heavy (non-hydrogen) atoms. The Morgan fingerprint density at radius 3 is 2.46 bits per heavy atom. The van der Waals surface area contributed by atoms with Gasteiger partial charge in [0.15, 0.2) is 23.2 Å². The van der Waals surface area contributed by atoms with E-state index in [4.69, 9.17) is 9.47 Å². The standard InChI is InChI=1S/C24H21F6NO4/c1-2-21(32)15-9-19(26)23(20(27)10-15)35-13-17-12-31(7-8-34-17)22(33)6-4-14-3-5-16(25)11-18(14)24(28,29)30/h3-6,9-11,17H,2,7-8,12-13H2,1H3/b6-4+. The van der Waals surface area contributed by atoms with Crippen molar-refractivity contribution in [2.75, 3.05) is 26.3 Å². The number of benzene rings is 2. The smallest absolute Gasteiger partial charge is 0.417 e. The molecule has 0 aliphatic carbocycles. The molecule has 0 aromatic heterocycles. The number of Topliss-reactive ketones (excluding diaryl/α,β-unsaturated/α-hetero) is 1. The molecule has 1 amide bonds. The van der Waals surface area contributed by atoms with Gasteiger partial charge in [-0.15, -0.1) is 0 Å². The van der Waals surface area contributed by atoms with E-state index in [1.54, 1.807) is 6.92 Å². The summed E-state index contributed by atoms with van der Waals surface area (Å²) in [7, 11) is 0. The fourth-order valence-corrected chi connectivity index (χ4v) is 3.45. The molecule has 2 aromatic carbocycles. The molecule has 1 aliphatic heterocycles. The first kappa shape index (κ1) is 26.3. The van der Waals surface area contributed by atoms with E-state index < -0.39 is 52.7 Å². The van der Waals surface area contributed by atoms with E-state index in [-0.39, 0.29) is 43.9 Å². The van der Waals surface area contributed by atoms with Gasteiger partial charge in [-0.25, -0.2) is 13.2 Å². The van der Waals surface area contributed by atoms with Crippen LogP contribution in [0, 0.1) is 17.5 Å². The van der Waals surface area contributed by atoms with E-state index in [0.717, 1.165) is 36.4 Å². The predicted molar refractivity (Wildman–Crippen MR) is 113 cm³/mol. The lowest BCUT2D eigenvalue weighted by Crippen LogP contribution is -2.47. The topological polar surface area (TPSA) is 55.8 Å². The molecule has 0 spiro atoms. The number of ketones is 1. The van der Waals surface area contributed by atoms with Gasteiger partial charge < -0.3 is 14.4 Å². The van der Waals surface area contributed by atoms with Crippen LogP contribution in [0.15, 0.2) is 36.4 Å². The van der Waals surface area contributed by atoms with Crippen molar-refractivity contribution >= 4 is 17.8 Å². The fraction of sp³-hybridized carbons (Fsp3) is 0.333. The van der Waals surface area contributed by atoms with E-state index in [2.05, 4.69) is 0 Å². The van der Waals surface area contributed by atoms with E-state index in [1.807, 2.05) is 0 Å². The lowest BCUT2D eigenvalue weighted by Gasteiger charge is -2.32. The lowest BCUT2D eigenvalue weighted by atomic mass is 10.1. The second-order valence-corrected chi connectivity index (χ2v) is 7.70. The average Bonchev–Trinajstić information content (AvgIpc) is 2.81. The van der Waals surface area contributed by atoms with Crippen LogP contribution in [-0.4, -0.2) is 49.0 Å². The molecule has 188 valence electrons. The largest absolute Gasteiger partial charge is 0.485 e. The number of morpholine rings is 1. The minimum atomic E-state index is -4.81. The van der Waals surface area contributed by atoms with Crippen molar-refractivity contribution in [3.05, 3.63) is 70.5 Å². The van der Waals surface area contributed by atoms with Crippen molar-refractivity contribution in [2.45, 2.75) is 25.6 Å². The number of carbonyl (C=O) groups is 2. The van der Waals surface area contributed by atoms with Gasteiger partial charge >= 0.3 is 6.18 Å². The first-order valence-corrected chi connectivity index (χ1v) is 10.6. The highest BCUT2D eigenvalue weighted by Crippen LogP contribution is 2.33. The van der Waals surface area contributed by atoms with Crippen LogP contribution in [0.3, 0.4) is 0 Å². The second-order valence-electron chi connectivity index (χ2n) is 7.70. The monoisotopic (exact) mass is 501 g/mol. The Bertz CT molecular complexity index is 1110. The third-order valence-electron chi connectivity index (χ3n) is 5.23. The molecule has 1 saturated heterocycles. The summed E-state index contributed by atoms with van der Waals surface area (Å²) in [6.45, 7) is 1.38. The number of hydrogen-bond acceptors (Lipinski definition) is 4. The molecule has 0 bridgehead atoms. The molecule has 5 nitrogen and oxygen atoms in total. The van der Waals surface area contributed by atoms with Crippen LogP contribution in [0.25, 0.3) is 6.08 Å². The summed E-state index contributed by atoms with van der Waals surface area (Å²) in [4.78, 5) is 25.4. The summed E-state index contributed by atoms with van der Waals surface area (Å²) in [5, 5.41) is 0. The third kappa shape index (κ3) is 6.62. The Hall–Kier alpha value is -3.34. The van der Waals surface area contributed by atoms with Gasteiger partial charge in [0, 0.05) is 24.6 Å². The minimum absolute atomic E-state index is 0.0473. The number of alkyl halides is 3. The first-order valence-electron chi connectivity index (χ1n) is 10.6. The van der Waals surface area contributed by atoms with E-state index in [0.29, 0.717) is 6.07 Å². The Morgan fingerprint density at radius 2 is 1.83 bits per heavy atom. The third-order valence-corrected chi connectivity index (χ3v) is 5.23. The molecule has 1 atom stereocenters. The second kappa shape index (κ2) is 10.9. The maximum Gasteiger partial charge on any atom is 0.417 e. The van der Waals surface area contributed by atoms with Crippen LogP contribution in [0.4, 0.5) is 26.3 Å². The molecule has 1 unspecified atom stereocenters. The molecular formula is C24H21F6NO4. The predicted octanol–water partition coefficient (Wildman–Crippen LogP) is 5.04. The van der Waals surface area contributed by atoms with Crippen LogP contribution in [0.2, 0.25) is 0 Å². The lowest BCUT2D eigenvalue weighted by molar-refractivity contribution is -0.138. The van der Waals surface area contributed by atoms with Crippen molar-refractivity contribution in [2.24, 2.45) is 0 Å². The van der Waals surface area contributed by atoms with Gasteiger partial charge in [-0.05, 0) is 35.9 Å². The number of ether oxygens (including phenoxy) is 2. The SMILES string of the molecule is CCC(=O)c1cc(F)c(OCC2CN(C(=O)/C=C/c3ccc(F)cc3C(F)(F)F)CCO2)c(F)c1. The Morgan fingerprint density at radius 1 is 1.14 bits per heavy atom. The van der Waals surface area contributed by atoms with E-state index >= 15 is 0 Å². The van der Waals surface area contributed by atoms with Crippen molar-refractivity contribution in [1.82, 2.24) is 4.90 Å². The Balaban J connectivity index is 1.64. The molecule has 1 fully saturated rings. The molecule has 0 radical (unpaired) electrons. The van der Waals surface area contributed by atoms with Crippen molar-refractivity contribution in [3.8, 4) is 5.75 Å². The number of hydrogen-bond donors (Lipinski definition) is 0. The van der Waals surface area contributed by atoms with Crippen molar-refractivity contribution in [1.29, 1.82) is 0 Å². The van der Waals surface area contributed by atoms with Crippen LogP contribution in [0.1, 0.15) is 34.8 Å². The van der Waals surface area contributed by atoms with Gasteiger partial charge in [0.2, 0.25) is 5.91 Å². The average molecular weight is 501 g/mol. The fourth-order valence-electron chi connectivity index (χ4n) is 3.45. The number of nitrogens with zero attached hydrogens (tertiary/aromatic N) is 1. The number of rotatable bonds is 7. The quantitative estimate of drug-likeness (QED) is 0.303. The zero-order chi connectivity index (χ0) is 25.8. The van der Waals surface area contributed by atoms with Gasteiger partial charge in [-0.1, -0.05) is 13.0 Å². The molecule has 2 aromatic rings. The number of amides is 1. The zero-order valence-corrected chi connectivity index (χ0v) is 18.5. The molecular weight excluding hydrogens is 480 g/mol. The molecule has 0 N–H and O–H groups in total. The normalized spacial score (nSPS) is 16.5. The van der Waals surface area contributed by atoms with Crippen LogP contribution in [0.5, 0.6) is 5.75 Å². The maximum absolute atomic E-state index is 14.2. The number of carbonyl (C=O) groups excluding carboxylic acids is 2. The molecule has 3 rings (SSSR count). The molecule has 11 heteroatoms. The van der Waals surface area contributed by atoms with Crippen LogP contribution < -0.4 is 4.74 Å². The highest BCUT2D eigenvalue weighted by molar-refractivity contribution is 5.96. The molecule has 0 saturated carbocycles. The van der Waals surface area contributed by atoms with Gasteiger partial charge in [-0.2, -0.15) is 13.2 Å². The Labute approximate surface area is 196 Å². The van der Waals surface area contributed by atoms with Gasteiger partial charge in [0.25, 0.3) is 0 Å². The highest BCUT2D eigenvalue weighted by Gasteiger charge is 2.33. The summed E-state index contributed by atoms with van der Waals surface area (Å²) < 4.78 is 91.7. The zero-order valence-electron chi connectivity index (χ0n) is 18.5. The van der Waals surface area contributed by atoms with E-state index in [1.165, 1.54) is 4.90 Å². The maximum atomic E-state index is 14.2. The van der Waals surface area contributed by atoms with Gasteiger partial charge in [-0.3, -0.25) is 9.59 Å². The van der Waals surface area contributed by atoms with Crippen molar-refractivity contribution in [3.63, 3.8) is 0 Å². The van der Waals surface area contributed by atoms with Gasteiger partial charge in [0.05, 0.1) is 18.7 Å². The van der Waals surface area contributed by atoms with Crippen LogP contribution >= 0.6 is 0 Å². The molecule has 1 aliphatic rings. The number of halogens is 6. The van der Waals surface area contributed by atoms with Crippen molar-refractivity contribution < 1.29 is 45.4 Å². The minimum Gasteiger partial charge on any atom is -0.485 e. The van der Waals surface area contributed by atoms with Gasteiger partial charge in [0.1, 0.15) is 18.5 Å². The summed E-state index contributed by atoms with van der Waals surface area (Å²) >= 11 is 0. The summed E-state index contributed by atoms with van der Waals surface area (Å²) in [5.41, 5.74) is -1.72. The summed E-state index contributed by atoms with van der Waals surface area (Å²) in [6.07, 6.45) is -3.64.